The van der Waals surface area contributed by atoms with Crippen LogP contribution in [0, 0.1) is 13.8 Å². The zero-order chi connectivity index (χ0) is 13.8. The van der Waals surface area contributed by atoms with Gasteiger partial charge in [0.2, 0.25) is 0 Å². The van der Waals surface area contributed by atoms with Crippen LogP contribution in [0.3, 0.4) is 0 Å². The van der Waals surface area contributed by atoms with E-state index in [1.165, 1.54) is 16.7 Å². The highest BCUT2D eigenvalue weighted by molar-refractivity contribution is 7.07. The number of hydrogen-bond donors (Lipinski definition) is 2. The highest BCUT2D eigenvalue weighted by Crippen LogP contribution is 2.28. The van der Waals surface area contributed by atoms with Gasteiger partial charge in [0.25, 0.3) is 0 Å². The van der Waals surface area contributed by atoms with Gasteiger partial charge in [-0.1, -0.05) is 6.07 Å². The molecule has 0 fully saturated rings. The lowest BCUT2D eigenvalue weighted by Gasteiger charge is -2.20. The fourth-order valence-corrected chi connectivity index (χ4v) is 2.99. The molecule has 0 spiro atoms. The summed E-state index contributed by atoms with van der Waals surface area (Å²) in [6, 6.07) is 6.49. The van der Waals surface area contributed by atoms with Gasteiger partial charge in [-0.2, -0.15) is 11.3 Å². The van der Waals surface area contributed by atoms with Gasteiger partial charge in [0, 0.05) is 0 Å². The van der Waals surface area contributed by atoms with Crippen LogP contribution in [0.5, 0.6) is 5.75 Å². The highest BCUT2D eigenvalue weighted by Gasteiger charge is 2.15. The second-order valence-corrected chi connectivity index (χ2v) is 5.51. The summed E-state index contributed by atoms with van der Waals surface area (Å²) in [7, 11) is 1.70. The molecule has 0 aliphatic rings. The lowest BCUT2D eigenvalue weighted by molar-refractivity contribution is 0.410. The maximum atomic E-state index is 5.73. The van der Waals surface area contributed by atoms with Gasteiger partial charge >= 0.3 is 0 Å². The number of nitrogens with one attached hydrogen (secondary N) is 1. The van der Waals surface area contributed by atoms with Gasteiger partial charge in [0.05, 0.1) is 13.2 Å². The number of hydrazine groups is 1. The quantitative estimate of drug-likeness (QED) is 0.651. The Kier molecular flexibility index (Phi) is 4.58. The van der Waals surface area contributed by atoms with E-state index in [9.17, 15) is 0 Å². The molecule has 0 bridgehead atoms. The molecule has 2 aromatic rings. The first-order valence-corrected chi connectivity index (χ1v) is 7.22. The molecule has 4 heteroatoms. The van der Waals surface area contributed by atoms with Crippen LogP contribution in [-0.4, -0.2) is 7.11 Å². The number of ether oxygens (including phenoxy) is 1. The summed E-state index contributed by atoms with van der Waals surface area (Å²) in [5.41, 5.74) is 7.79. The number of hydrogen-bond acceptors (Lipinski definition) is 4. The van der Waals surface area contributed by atoms with Crippen molar-refractivity contribution in [2.75, 3.05) is 7.11 Å². The summed E-state index contributed by atoms with van der Waals surface area (Å²) in [5, 5.41) is 4.26. The molecule has 2 rings (SSSR count). The maximum absolute atomic E-state index is 5.73. The van der Waals surface area contributed by atoms with E-state index in [0.29, 0.717) is 0 Å². The average molecular weight is 276 g/mol. The van der Waals surface area contributed by atoms with Crippen LogP contribution in [0.15, 0.2) is 29.0 Å². The minimum atomic E-state index is 0.124. The third-order valence-electron chi connectivity index (χ3n) is 3.38. The Morgan fingerprint density at radius 3 is 2.68 bits per heavy atom. The van der Waals surface area contributed by atoms with Crippen LogP contribution in [-0.2, 0) is 6.42 Å². The Bertz CT molecular complexity index is 537. The Morgan fingerprint density at radius 1 is 1.32 bits per heavy atom. The second kappa shape index (κ2) is 6.19. The van der Waals surface area contributed by atoms with E-state index in [4.69, 9.17) is 10.6 Å². The van der Waals surface area contributed by atoms with E-state index in [1.807, 2.05) is 0 Å². The number of methoxy groups -OCH3 is 1. The van der Waals surface area contributed by atoms with Crippen molar-refractivity contribution in [2.24, 2.45) is 5.84 Å². The number of benzene rings is 1. The zero-order valence-electron chi connectivity index (χ0n) is 11.6. The normalized spacial score (nSPS) is 12.4. The number of thiophene rings is 1. The van der Waals surface area contributed by atoms with Crippen molar-refractivity contribution in [1.82, 2.24) is 5.43 Å². The smallest absolute Gasteiger partial charge is 0.122 e. The van der Waals surface area contributed by atoms with Crippen LogP contribution in [0.2, 0.25) is 0 Å². The predicted molar refractivity (Wildman–Crippen MR) is 80.6 cm³/mol. The fourth-order valence-electron chi connectivity index (χ4n) is 2.31. The monoisotopic (exact) mass is 276 g/mol. The molecule has 1 heterocycles. The van der Waals surface area contributed by atoms with E-state index in [-0.39, 0.29) is 6.04 Å². The summed E-state index contributed by atoms with van der Waals surface area (Å²) in [6.07, 6.45) is 0.895. The Morgan fingerprint density at radius 2 is 2.11 bits per heavy atom. The standard InChI is InChI=1S/C15H20N2OS/c1-10-7-15(18-3)11(2)6-13(10)14(17-16)8-12-4-5-19-9-12/h4-7,9,14,17H,8,16H2,1-3H3. The molecule has 1 aromatic heterocycles. The minimum absolute atomic E-state index is 0.124. The third-order valence-corrected chi connectivity index (χ3v) is 4.11. The van der Waals surface area contributed by atoms with Crippen LogP contribution in [0.4, 0.5) is 0 Å². The molecule has 1 atom stereocenters. The molecule has 102 valence electrons. The Balaban J connectivity index is 2.30. The van der Waals surface area contributed by atoms with Crippen LogP contribution in [0.1, 0.15) is 28.3 Å². The summed E-state index contributed by atoms with van der Waals surface area (Å²) in [5.74, 6) is 6.66. The Labute approximate surface area is 118 Å². The third kappa shape index (κ3) is 3.15. The van der Waals surface area contributed by atoms with Gasteiger partial charge in [-0.15, -0.1) is 0 Å². The van der Waals surface area contributed by atoms with Crippen molar-refractivity contribution in [3.63, 3.8) is 0 Å². The highest BCUT2D eigenvalue weighted by atomic mass is 32.1. The van der Waals surface area contributed by atoms with Crippen LogP contribution in [0.25, 0.3) is 0 Å². The second-order valence-electron chi connectivity index (χ2n) is 4.73. The van der Waals surface area contributed by atoms with E-state index in [0.717, 1.165) is 17.7 Å². The molecule has 0 amide bonds. The van der Waals surface area contributed by atoms with Crippen molar-refractivity contribution in [2.45, 2.75) is 26.3 Å². The van der Waals surface area contributed by atoms with E-state index in [1.54, 1.807) is 18.4 Å². The SMILES string of the molecule is COc1cc(C)c(C(Cc2ccsc2)NN)cc1C. The van der Waals surface area contributed by atoms with Crippen LogP contribution < -0.4 is 16.0 Å². The molecular weight excluding hydrogens is 256 g/mol. The topological polar surface area (TPSA) is 47.3 Å². The number of nitrogens with two attached hydrogens (primary N) is 1. The first-order chi connectivity index (χ1) is 9.15. The van der Waals surface area contributed by atoms with E-state index >= 15 is 0 Å². The molecular formula is C15H20N2OS. The molecule has 0 radical (unpaired) electrons. The first-order valence-electron chi connectivity index (χ1n) is 6.28. The van der Waals surface area contributed by atoms with E-state index in [2.05, 4.69) is 48.2 Å². The molecule has 1 aromatic carbocycles. The predicted octanol–water partition coefficient (Wildman–Crippen LogP) is 3.12. The lowest BCUT2D eigenvalue weighted by Crippen LogP contribution is -2.30. The van der Waals surface area contributed by atoms with Crippen molar-refractivity contribution < 1.29 is 4.74 Å². The van der Waals surface area contributed by atoms with Gasteiger partial charge in [0.15, 0.2) is 0 Å². The Hall–Kier alpha value is -1.36. The van der Waals surface area contributed by atoms with E-state index < -0.39 is 0 Å². The molecule has 19 heavy (non-hydrogen) atoms. The van der Waals surface area contributed by atoms with Crippen molar-refractivity contribution >= 4 is 11.3 Å². The van der Waals surface area contributed by atoms with Crippen molar-refractivity contribution in [1.29, 1.82) is 0 Å². The molecule has 0 aliphatic heterocycles. The fraction of sp³-hybridized carbons (Fsp3) is 0.333. The van der Waals surface area contributed by atoms with Gasteiger partial charge < -0.3 is 4.74 Å². The number of rotatable bonds is 5. The van der Waals surface area contributed by atoms with Gasteiger partial charge in [0.1, 0.15) is 5.75 Å². The molecule has 1 unspecified atom stereocenters. The molecule has 3 nitrogen and oxygen atoms in total. The summed E-state index contributed by atoms with van der Waals surface area (Å²) >= 11 is 1.71. The average Bonchev–Trinajstić information content (AvgIpc) is 2.91. The van der Waals surface area contributed by atoms with Gasteiger partial charge in [-0.05, 0) is 65.4 Å². The molecule has 0 saturated heterocycles. The summed E-state index contributed by atoms with van der Waals surface area (Å²) < 4.78 is 5.35. The summed E-state index contributed by atoms with van der Waals surface area (Å²) in [4.78, 5) is 0. The largest absolute Gasteiger partial charge is 0.496 e. The number of aryl methyl sites for hydroxylation is 2. The first kappa shape index (κ1) is 14.1. The molecule has 0 aliphatic carbocycles. The van der Waals surface area contributed by atoms with Crippen molar-refractivity contribution in [3.05, 3.63) is 51.2 Å². The zero-order valence-corrected chi connectivity index (χ0v) is 12.4. The summed E-state index contributed by atoms with van der Waals surface area (Å²) in [6.45, 7) is 4.15. The molecule has 3 N–H and O–H groups in total. The molecule has 0 saturated carbocycles. The lowest BCUT2D eigenvalue weighted by atomic mass is 9.95. The van der Waals surface area contributed by atoms with Gasteiger partial charge in [-0.3, -0.25) is 11.3 Å². The minimum Gasteiger partial charge on any atom is -0.496 e. The van der Waals surface area contributed by atoms with Crippen LogP contribution >= 0.6 is 11.3 Å². The van der Waals surface area contributed by atoms with Gasteiger partial charge in [-0.25, -0.2) is 0 Å². The maximum Gasteiger partial charge on any atom is 0.122 e. The van der Waals surface area contributed by atoms with Crippen molar-refractivity contribution in [3.8, 4) is 5.75 Å².